The lowest BCUT2D eigenvalue weighted by Crippen LogP contribution is -2.44. The first kappa shape index (κ1) is 20.1. The standard InChI is InChI=1S/C17H24N4O4/c1-11(2)20(12(3)4)16(22)9-13(5)18-19-17(23)14-7-6-8-15(10-14)21(24)25/h6-8,10-12,18H,5,9H2,1-4H3,(H,19,23). The Morgan fingerprint density at radius 1 is 1.20 bits per heavy atom. The molecule has 0 saturated carbocycles. The molecule has 0 unspecified atom stereocenters. The zero-order valence-corrected chi connectivity index (χ0v) is 14.9. The van der Waals surface area contributed by atoms with E-state index in [4.69, 9.17) is 0 Å². The Bertz CT molecular complexity index is 662. The van der Waals surface area contributed by atoms with E-state index >= 15 is 0 Å². The largest absolute Gasteiger partial charge is 0.338 e. The van der Waals surface area contributed by atoms with Gasteiger partial charge in [0.15, 0.2) is 0 Å². The summed E-state index contributed by atoms with van der Waals surface area (Å²) in [4.78, 5) is 36.2. The van der Waals surface area contributed by atoms with Crippen molar-refractivity contribution in [3.05, 3.63) is 52.2 Å². The lowest BCUT2D eigenvalue weighted by Gasteiger charge is -2.31. The first-order chi connectivity index (χ1) is 11.6. The van der Waals surface area contributed by atoms with Gasteiger partial charge >= 0.3 is 0 Å². The van der Waals surface area contributed by atoms with Crippen LogP contribution in [0, 0.1) is 10.1 Å². The normalized spacial score (nSPS) is 10.5. The van der Waals surface area contributed by atoms with E-state index < -0.39 is 10.8 Å². The fraction of sp³-hybridized carbons (Fsp3) is 0.412. The van der Waals surface area contributed by atoms with Gasteiger partial charge in [-0.15, -0.1) is 0 Å². The molecule has 136 valence electrons. The van der Waals surface area contributed by atoms with Crippen LogP contribution >= 0.6 is 0 Å². The van der Waals surface area contributed by atoms with Crippen LogP contribution in [0.2, 0.25) is 0 Å². The number of carbonyl (C=O) groups excluding carboxylic acids is 2. The summed E-state index contributed by atoms with van der Waals surface area (Å²) in [5, 5.41) is 10.7. The number of hydrogen-bond donors (Lipinski definition) is 2. The molecule has 0 bridgehead atoms. The summed E-state index contributed by atoms with van der Waals surface area (Å²) in [6.45, 7) is 11.4. The Morgan fingerprint density at radius 3 is 2.32 bits per heavy atom. The van der Waals surface area contributed by atoms with Crippen molar-refractivity contribution in [1.82, 2.24) is 15.8 Å². The van der Waals surface area contributed by atoms with Crippen molar-refractivity contribution in [2.75, 3.05) is 0 Å². The minimum absolute atomic E-state index is 0.0333. The Morgan fingerprint density at radius 2 is 1.80 bits per heavy atom. The molecule has 0 spiro atoms. The molecular formula is C17H24N4O4. The number of hydrazine groups is 1. The molecule has 2 N–H and O–H groups in total. The maximum Gasteiger partial charge on any atom is 0.270 e. The van der Waals surface area contributed by atoms with Crippen LogP contribution in [0.5, 0.6) is 0 Å². The molecule has 25 heavy (non-hydrogen) atoms. The first-order valence-electron chi connectivity index (χ1n) is 7.93. The maximum atomic E-state index is 12.3. The van der Waals surface area contributed by atoms with Crippen molar-refractivity contribution < 1.29 is 14.5 Å². The highest BCUT2D eigenvalue weighted by molar-refractivity contribution is 5.94. The molecule has 0 aliphatic carbocycles. The molecule has 8 heteroatoms. The number of nitrogens with zero attached hydrogens (tertiary/aromatic N) is 2. The van der Waals surface area contributed by atoms with Gasteiger partial charge < -0.3 is 10.3 Å². The fourth-order valence-corrected chi connectivity index (χ4v) is 2.47. The smallest absolute Gasteiger partial charge is 0.270 e. The third-order valence-corrected chi connectivity index (χ3v) is 3.44. The highest BCUT2D eigenvalue weighted by Gasteiger charge is 2.20. The zero-order valence-electron chi connectivity index (χ0n) is 14.9. The molecule has 0 fully saturated rings. The van der Waals surface area contributed by atoms with E-state index in [9.17, 15) is 19.7 Å². The molecule has 0 aromatic heterocycles. The SMILES string of the molecule is C=C(CC(=O)N(C(C)C)C(C)C)NNC(=O)c1cccc([N+](=O)[O-])c1. The number of nitro groups is 1. The molecule has 0 saturated heterocycles. The van der Waals surface area contributed by atoms with Crippen LogP contribution in [0.1, 0.15) is 44.5 Å². The Balaban J connectivity index is 2.61. The second-order valence-electron chi connectivity index (χ2n) is 6.16. The van der Waals surface area contributed by atoms with Gasteiger partial charge in [0.05, 0.1) is 11.3 Å². The molecule has 0 radical (unpaired) electrons. The van der Waals surface area contributed by atoms with Crippen molar-refractivity contribution in [3.8, 4) is 0 Å². The average Bonchev–Trinajstić information content (AvgIpc) is 2.51. The summed E-state index contributed by atoms with van der Waals surface area (Å²) in [6.07, 6.45) is 0.0333. The predicted octanol–water partition coefficient (Wildman–Crippen LogP) is 2.38. The quantitative estimate of drug-likeness (QED) is 0.554. The van der Waals surface area contributed by atoms with Gasteiger partial charge in [-0.25, -0.2) is 0 Å². The molecule has 1 aromatic rings. The molecule has 8 nitrogen and oxygen atoms in total. The molecule has 1 aromatic carbocycles. The van der Waals surface area contributed by atoms with E-state index in [1.165, 1.54) is 24.3 Å². The lowest BCUT2D eigenvalue weighted by atomic mass is 10.2. The molecule has 0 aliphatic heterocycles. The maximum absolute atomic E-state index is 12.3. The third-order valence-electron chi connectivity index (χ3n) is 3.44. The van der Waals surface area contributed by atoms with Crippen LogP contribution in [0.15, 0.2) is 36.5 Å². The van der Waals surface area contributed by atoms with E-state index in [1.807, 2.05) is 27.7 Å². The highest BCUT2D eigenvalue weighted by Crippen LogP contribution is 2.13. The van der Waals surface area contributed by atoms with Crippen LogP contribution in [0.3, 0.4) is 0 Å². The van der Waals surface area contributed by atoms with Gasteiger partial charge in [-0.1, -0.05) is 12.6 Å². The number of benzene rings is 1. The number of rotatable bonds is 8. The third kappa shape index (κ3) is 5.91. The second kappa shape index (κ2) is 8.81. The topological polar surface area (TPSA) is 105 Å². The van der Waals surface area contributed by atoms with Crippen molar-refractivity contribution in [1.29, 1.82) is 0 Å². The van der Waals surface area contributed by atoms with Crippen LogP contribution in [0.25, 0.3) is 0 Å². The Kier molecular flexibility index (Phi) is 7.10. The van der Waals surface area contributed by atoms with Crippen LogP contribution in [-0.2, 0) is 4.79 Å². The fourth-order valence-electron chi connectivity index (χ4n) is 2.47. The Labute approximate surface area is 147 Å². The number of nitrogens with one attached hydrogen (secondary N) is 2. The number of carbonyl (C=O) groups is 2. The summed E-state index contributed by atoms with van der Waals surface area (Å²) in [6, 6.07) is 5.46. The van der Waals surface area contributed by atoms with Gasteiger partial charge in [-0.05, 0) is 33.8 Å². The van der Waals surface area contributed by atoms with E-state index in [0.717, 1.165) is 0 Å². The summed E-state index contributed by atoms with van der Waals surface area (Å²) in [5.74, 6) is -0.658. The van der Waals surface area contributed by atoms with Crippen LogP contribution in [-0.4, -0.2) is 33.7 Å². The van der Waals surface area contributed by atoms with Crippen LogP contribution < -0.4 is 10.9 Å². The summed E-state index contributed by atoms with van der Waals surface area (Å²) in [5.41, 5.74) is 5.25. The zero-order chi connectivity index (χ0) is 19.1. The van der Waals surface area contributed by atoms with E-state index in [0.29, 0.717) is 5.70 Å². The highest BCUT2D eigenvalue weighted by atomic mass is 16.6. The van der Waals surface area contributed by atoms with E-state index in [-0.39, 0.29) is 35.7 Å². The molecule has 0 heterocycles. The summed E-state index contributed by atoms with van der Waals surface area (Å²) < 4.78 is 0. The number of amides is 2. The summed E-state index contributed by atoms with van der Waals surface area (Å²) >= 11 is 0. The minimum Gasteiger partial charge on any atom is -0.338 e. The molecule has 2 amide bonds. The minimum atomic E-state index is -0.575. The first-order valence-corrected chi connectivity index (χ1v) is 7.93. The second-order valence-corrected chi connectivity index (χ2v) is 6.16. The van der Waals surface area contributed by atoms with E-state index in [1.54, 1.807) is 4.90 Å². The van der Waals surface area contributed by atoms with Crippen molar-refractivity contribution in [2.45, 2.75) is 46.2 Å². The monoisotopic (exact) mass is 348 g/mol. The number of nitro benzene ring substituents is 1. The predicted molar refractivity (Wildman–Crippen MR) is 94.6 cm³/mol. The van der Waals surface area contributed by atoms with Crippen molar-refractivity contribution in [2.24, 2.45) is 0 Å². The molecule has 1 rings (SSSR count). The molecular weight excluding hydrogens is 324 g/mol. The van der Waals surface area contributed by atoms with Gasteiger partial charge in [0, 0.05) is 35.5 Å². The van der Waals surface area contributed by atoms with Gasteiger partial charge in [-0.3, -0.25) is 25.1 Å². The van der Waals surface area contributed by atoms with Crippen molar-refractivity contribution >= 4 is 17.5 Å². The van der Waals surface area contributed by atoms with E-state index in [2.05, 4.69) is 17.4 Å². The van der Waals surface area contributed by atoms with Gasteiger partial charge in [0.1, 0.15) is 0 Å². The van der Waals surface area contributed by atoms with Gasteiger partial charge in [-0.2, -0.15) is 0 Å². The number of non-ortho nitro benzene ring substituents is 1. The number of hydrogen-bond acceptors (Lipinski definition) is 5. The van der Waals surface area contributed by atoms with Crippen molar-refractivity contribution in [3.63, 3.8) is 0 Å². The van der Waals surface area contributed by atoms with Gasteiger partial charge in [0.25, 0.3) is 11.6 Å². The molecule has 0 atom stereocenters. The average molecular weight is 348 g/mol. The summed E-state index contributed by atoms with van der Waals surface area (Å²) in [7, 11) is 0. The molecule has 0 aliphatic rings. The Hall–Kier alpha value is -2.90. The van der Waals surface area contributed by atoms with Crippen LogP contribution in [0.4, 0.5) is 5.69 Å². The lowest BCUT2D eigenvalue weighted by molar-refractivity contribution is -0.384. The van der Waals surface area contributed by atoms with Gasteiger partial charge in [0.2, 0.25) is 5.91 Å².